The Morgan fingerprint density at radius 1 is 0.969 bits per heavy atom. The van der Waals surface area contributed by atoms with E-state index in [4.69, 9.17) is 18.6 Å². The molecular formula is C22H22O10. The first-order chi connectivity index (χ1) is 15.3. The highest BCUT2D eigenvalue weighted by atomic mass is 16.7. The largest absolute Gasteiger partial charge is 0.507 e. The highest BCUT2D eigenvalue weighted by Crippen LogP contribution is 2.33. The standard InChI is InChI=1S/C22H22O10/c1-29-11-4-2-10(3-5-11)15-8-14(25)18-13(24)6-12(7-16(18)31-15)30-22-21(28)20(27)19(26)17(9-23)32-22/h2-8,17,19-24,26-28H,9H2,1H3/t17-,19-,20+,21-,22-/m1/s1. The van der Waals surface area contributed by atoms with Crippen molar-refractivity contribution in [3.63, 3.8) is 0 Å². The number of rotatable bonds is 5. The van der Waals surface area contributed by atoms with Crippen molar-refractivity contribution in [1.29, 1.82) is 0 Å². The lowest BCUT2D eigenvalue weighted by Gasteiger charge is -2.39. The second-order valence-electron chi connectivity index (χ2n) is 7.33. The predicted molar refractivity (Wildman–Crippen MR) is 111 cm³/mol. The first-order valence-electron chi connectivity index (χ1n) is 9.75. The van der Waals surface area contributed by atoms with Crippen molar-refractivity contribution in [2.45, 2.75) is 30.7 Å². The zero-order chi connectivity index (χ0) is 23.0. The molecule has 3 aromatic rings. The molecule has 0 aliphatic carbocycles. The van der Waals surface area contributed by atoms with Gasteiger partial charge in [-0.15, -0.1) is 0 Å². The van der Waals surface area contributed by atoms with Crippen LogP contribution in [-0.2, 0) is 4.74 Å². The molecule has 5 atom stereocenters. The molecule has 0 bridgehead atoms. The third kappa shape index (κ3) is 4.01. The van der Waals surface area contributed by atoms with Gasteiger partial charge in [0.05, 0.1) is 13.7 Å². The van der Waals surface area contributed by atoms with Crippen LogP contribution >= 0.6 is 0 Å². The van der Waals surface area contributed by atoms with E-state index in [-0.39, 0.29) is 22.5 Å². The summed E-state index contributed by atoms with van der Waals surface area (Å²) in [6.45, 7) is -0.617. The zero-order valence-corrected chi connectivity index (χ0v) is 16.9. The van der Waals surface area contributed by atoms with Gasteiger partial charge in [0.1, 0.15) is 58.4 Å². The van der Waals surface area contributed by atoms with Crippen LogP contribution in [0.3, 0.4) is 0 Å². The van der Waals surface area contributed by atoms with E-state index in [1.807, 2.05) is 0 Å². The van der Waals surface area contributed by atoms with Gasteiger partial charge in [0.15, 0.2) is 5.43 Å². The summed E-state index contributed by atoms with van der Waals surface area (Å²) in [5, 5.41) is 49.6. The predicted octanol–water partition coefficient (Wildman–Crippen LogP) is 0.353. The normalized spacial score (nSPS) is 25.6. The van der Waals surface area contributed by atoms with E-state index in [0.717, 1.165) is 6.07 Å². The fourth-order valence-corrected chi connectivity index (χ4v) is 3.51. The van der Waals surface area contributed by atoms with Gasteiger partial charge in [-0.2, -0.15) is 0 Å². The molecule has 0 spiro atoms. The van der Waals surface area contributed by atoms with E-state index in [1.165, 1.54) is 19.2 Å². The summed E-state index contributed by atoms with van der Waals surface area (Å²) < 4.78 is 21.8. The van der Waals surface area contributed by atoms with Crippen LogP contribution in [0.2, 0.25) is 0 Å². The minimum absolute atomic E-state index is 0.0166. The number of hydrogen-bond acceptors (Lipinski definition) is 10. The molecule has 0 amide bonds. The number of aromatic hydroxyl groups is 1. The van der Waals surface area contributed by atoms with Gasteiger partial charge in [0.25, 0.3) is 0 Å². The molecule has 4 rings (SSSR count). The van der Waals surface area contributed by atoms with Crippen molar-refractivity contribution < 1.29 is 44.2 Å². The molecule has 10 nitrogen and oxygen atoms in total. The van der Waals surface area contributed by atoms with E-state index < -0.39 is 48.5 Å². The first-order valence-corrected chi connectivity index (χ1v) is 9.75. The Balaban J connectivity index is 1.69. The number of methoxy groups -OCH3 is 1. The maximum absolute atomic E-state index is 12.6. The van der Waals surface area contributed by atoms with E-state index in [1.54, 1.807) is 24.3 Å². The second-order valence-corrected chi connectivity index (χ2v) is 7.33. The number of benzene rings is 2. The minimum Gasteiger partial charge on any atom is -0.507 e. The minimum atomic E-state index is -1.64. The summed E-state index contributed by atoms with van der Waals surface area (Å²) in [6, 6.07) is 10.5. The second kappa shape index (κ2) is 8.77. The number of phenolic OH excluding ortho intramolecular Hbond substituents is 1. The molecule has 0 saturated carbocycles. The van der Waals surface area contributed by atoms with Gasteiger partial charge in [0.2, 0.25) is 6.29 Å². The average molecular weight is 446 g/mol. The summed E-state index contributed by atoms with van der Waals surface area (Å²) in [5.41, 5.74) is 0.140. The Bertz CT molecular complexity index is 1150. The molecule has 0 radical (unpaired) electrons. The van der Waals surface area contributed by atoms with Crippen molar-refractivity contribution in [3.05, 3.63) is 52.7 Å². The summed E-state index contributed by atoms with van der Waals surface area (Å²) in [6.07, 6.45) is -7.42. The summed E-state index contributed by atoms with van der Waals surface area (Å²) in [7, 11) is 1.53. The van der Waals surface area contributed by atoms with Gasteiger partial charge < -0.3 is 44.2 Å². The fourth-order valence-electron chi connectivity index (χ4n) is 3.51. The first kappa shape index (κ1) is 22.1. The van der Waals surface area contributed by atoms with Crippen molar-refractivity contribution in [3.8, 4) is 28.6 Å². The van der Waals surface area contributed by atoms with Crippen molar-refractivity contribution >= 4 is 11.0 Å². The molecule has 2 aromatic carbocycles. The number of ether oxygens (including phenoxy) is 3. The molecule has 32 heavy (non-hydrogen) atoms. The molecule has 2 heterocycles. The maximum atomic E-state index is 12.6. The SMILES string of the molecule is COc1ccc(-c2cc(=O)c3c(O)cc(O[C@@H]4O[C@H](CO)[C@@H](O)[C@H](O)[C@H]4O)cc3o2)cc1. The van der Waals surface area contributed by atoms with Gasteiger partial charge in [-0.05, 0) is 24.3 Å². The average Bonchev–Trinajstić information content (AvgIpc) is 2.79. The zero-order valence-electron chi connectivity index (χ0n) is 16.9. The monoisotopic (exact) mass is 446 g/mol. The molecule has 1 fully saturated rings. The third-order valence-corrected chi connectivity index (χ3v) is 5.26. The van der Waals surface area contributed by atoms with Crippen LogP contribution in [0, 0.1) is 0 Å². The van der Waals surface area contributed by atoms with Gasteiger partial charge in [-0.1, -0.05) is 0 Å². The highest BCUT2D eigenvalue weighted by Gasteiger charge is 2.44. The Labute approximate surface area is 181 Å². The van der Waals surface area contributed by atoms with Gasteiger partial charge in [-0.25, -0.2) is 0 Å². The molecule has 170 valence electrons. The number of aliphatic hydroxyl groups excluding tert-OH is 4. The molecule has 1 aromatic heterocycles. The number of aliphatic hydroxyl groups is 4. The lowest BCUT2D eigenvalue weighted by Crippen LogP contribution is -2.60. The third-order valence-electron chi connectivity index (χ3n) is 5.26. The molecule has 5 N–H and O–H groups in total. The number of phenols is 1. The molecule has 0 unspecified atom stereocenters. The van der Waals surface area contributed by atoms with Crippen LogP contribution in [0.1, 0.15) is 0 Å². The number of fused-ring (bicyclic) bond motifs is 1. The van der Waals surface area contributed by atoms with E-state index in [0.29, 0.717) is 11.3 Å². The van der Waals surface area contributed by atoms with Crippen LogP contribution in [-0.4, -0.2) is 70.0 Å². The lowest BCUT2D eigenvalue weighted by atomic mass is 9.99. The van der Waals surface area contributed by atoms with E-state index in [9.17, 15) is 30.3 Å². The quantitative estimate of drug-likeness (QED) is 0.370. The van der Waals surface area contributed by atoms with Gasteiger partial charge in [0, 0.05) is 23.8 Å². The van der Waals surface area contributed by atoms with E-state index >= 15 is 0 Å². The maximum Gasteiger partial charge on any atom is 0.229 e. The molecule has 1 aliphatic rings. The molecule has 1 aliphatic heterocycles. The topological polar surface area (TPSA) is 159 Å². The molecule has 1 saturated heterocycles. The van der Waals surface area contributed by atoms with Crippen molar-refractivity contribution in [1.82, 2.24) is 0 Å². The van der Waals surface area contributed by atoms with Crippen molar-refractivity contribution in [2.75, 3.05) is 13.7 Å². The van der Waals surface area contributed by atoms with Crippen LogP contribution in [0.5, 0.6) is 17.2 Å². The van der Waals surface area contributed by atoms with Crippen LogP contribution in [0.15, 0.2) is 51.7 Å². The van der Waals surface area contributed by atoms with Crippen LogP contribution in [0.4, 0.5) is 0 Å². The smallest absolute Gasteiger partial charge is 0.229 e. The van der Waals surface area contributed by atoms with Crippen molar-refractivity contribution in [2.24, 2.45) is 0 Å². The summed E-state index contributed by atoms with van der Waals surface area (Å²) in [5.74, 6) is 0.422. The summed E-state index contributed by atoms with van der Waals surface area (Å²) >= 11 is 0. The lowest BCUT2D eigenvalue weighted by molar-refractivity contribution is -0.277. The van der Waals surface area contributed by atoms with Crippen LogP contribution < -0.4 is 14.9 Å². The molecule has 10 heteroatoms. The van der Waals surface area contributed by atoms with Gasteiger partial charge in [-0.3, -0.25) is 4.79 Å². The molecular weight excluding hydrogens is 424 g/mol. The Hall–Kier alpha value is -3.15. The Morgan fingerprint density at radius 2 is 1.69 bits per heavy atom. The van der Waals surface area contributed by atoms with Crippen LogP contribution in [0.25, 0.3) is 22.3 Å². The number of hydrogen-bond donors (Lipinski definition) is 5. The summed E-state index contributed by atoms with van der Waals surface area (Å²) in [4.78, 5) is 12.6. The van der Waals surface area contributed by atoms with Gasteiger partial charge >= 0.3 is 0 Å². The Kier molecular flexibility index (Phi) is 6.04. The van der Waals surface area contributed by atoms with E-state index in [2.05, 4.69) is 0 Å². The fraction of sp³-hybridized carbons (Fsp3) is 0.318. The highest BCUT2D eigenvalue weighted by molar-refractivity contribution is 5.86. The Morgan fingerprint density at radius 3 is 2.34 bits per heavy atom.